The molecular formula is C22H28N2S2. The summed E-state index contributed by atoms with van der Waals surface area (Å²) in [6.45, 7) is 2.38. The zero-order chi connectivity index (χ0) is 17.9. The van der Waals surface area contributed by atoms with E-state index in [1.807, 2.05) is 23.5 Å². The highest BCUT2D eigenvalue weighted by Crippen LogP contribution is 2.49. The SMILES string of the molecule is CSc1ccc2c(c1)N(CCCC1CCCCN1C)c1ccccc1S2. The highest BCUT2D eigenvalue weighted by atomic mass is 32.2. The van der Waals surface area contributed by atoms with E-state index in [9.17, 15) is 0 Å². The molecule has 0 saturated carbocycles. The summed E-state index contributed by atoms with van der Waals surface area (Å²) in [5.74, 6) is 0. The van der Waals surface area contributed by atoms with Crippen LogP contribution in [0.3, 0.4) is 0 Å². The van der Waals surface area contributed by atoms with Crippen molar-refractivity contribution in [2.75, 3.05) is 31.3 Å². The lowest BCUT2D eigenvalue weighted by Gasteiger charge is -2.35. The molecule has 0 amide bonds. The molecule has 2 aromatic carbocycles. The fourth-order valence-electron chi connectivity index (χ4n) is 4.17. The molecule has 0 radical (unpaired) electrons. The third-order valence-electron chi connectivity index (χ3n) is 5.67. The van der Waals surface area contributed by atoms with Crippen molar-refractivity contribution in [1.82, 2.24) is 4.90 Å². The predicted molar refractivity (Wildman–Crippen MR) is 115 cm³/mol. The Kier molecular flexibility index (Phi) is 5.82. The minimum Gasteiger partial charge on any atom is -0.340 e. The maximum atomic E-state index is 2.57. The Morgan fingerprint density at radius 1 is 1.08 bits per heavy atom. The Bertz CT molecular complexity index is 762. The summed E-state index contributed by atoms with van der Waals surface area (Å²) in [7, 11) is 2.30. The number of nitrogens with zero attached hydrogens (tertiary/aromatic N) is 2. The zero-order valence-corrected chi connectivity index (χ0v) is 17.4. The lowest BCUT2D eigenvalue weighted by molar-refractivity contribution is 0.174. The van der Waals surface area contributed by atoms with E-state index in [4.69, 9.17) is 0 Å². The predicted octanol–water partition coefficient (Wildman–Crippen LogP) is 6.28. The number of anilines is 2. The van der Waals surface area contributed by atoms with Gasteiger partial charge in [0.05, 0.1) is 11.4 Å². The van der Waals surface area contributed by atoms with Crippen LogP contribution in [0.15, 0.2) is 57.2 Å². The summed E-state index contributed by atoms with van der Waals surface area (Å²) >= 11 is 3.74. The molecule has 0 N–H and O–H groups in total. The third-order valence-corrected chi connectivity index (χ3v) is 7.53. The van der Waals surface area contributed by atoms with Crippen molar-refractivity contribution in [1.29, 1.82) is 0 Å². The lowest BCUT2D eigenvalue weighted by Crippen LogP contribution is -2.36. The molecule has 2 heterocycles. The number of fused-ring (bicyclic) bond motifs is 2. The molecule has 138 valence electrons. The smallest absolute Gasteiger partial charge is 0.0564 e. The molecule has 2 aromatic rings. The Morgan fingerprint density at radius 2 is 1.92 bits per heavy atom. The standard InChI is InChI=1S/C22H28N2S2/c1-23-14-6-5-8-17(23)9-7-15-24-19-10-3-4-11-21(19)26-22-13-12-18(25-2)16-20(22)24/h3-4,10-13,16-17H,5-9,14-15H2,1-2H3. The highest BCUT2D eigenvalue weighted by Gasteiger charge is 2.24. The zero-order valence-electron chi connectivity index (χ0n) is 15.8. The van der Waals surface area contributed by atoms with Crippen molar-refractivity contribution in [2.24, 2.45) is 0 Å². The first-order valence-electron chi connectivity index (χ1n) is 9.69. The topological polar surface area (TPSA) is 6.48 Å². The largest absolute Gasteiger partial charge is 0.340 e. The van der Waals surface area contributed by atoms with Crippen LogP contribution in [0.4, 0.5) is 11.4 Å². The van der Waals surface area contributed by atoms with Gasteiger partial charge in [0.1, 0.15) is 0 Å². The third kappa shape index (κ3) is 3.78. The van der Waals surface area contributed by atoms with Crippen LogP contribution in [0.25, 0.3) is 0 Å². The van der Waals surface area contributed by atoms with Gasteiger partial charge >= 0.3 is 0 Å². The molecule has 4 rings (SSSR count). The highest BCUT2D eigenvalue weighted by molar-refractivity contribution is 8.00. The molecule has 4 heteroatoms. The van der Waals surface area contributed by atoms with Gasteiger partial charge in [-0.25, -0.2) is 0 Å². The van der Waals surface area contributed by atoms with Gasteiger partial charge in [-0.2, -0.15) is 0 Å². The number of para-hydroxylation sites is 1. The monoisotopic (exact) mass is 384 g/mol. The Balaban J connectivity index is 1.54. The first kappa shape index (κ1) is 18.3. The molecule has 1 unspecified atom stereocenters. The van der Waals surface area contributed by atoms with E-state index in [-0.39, 0.29) is 0 Å². The van der Waals surface area contributed by atoms with Crippen LogP contribution < -0.4 is 4.90 Å². The van der Waals surface area contributed by atoms with Gasteiger partial charge in [0.2, 0.25) is 0 Å². The maximum absolute atomic E-state index is 2.57. The van der Waals surface area contributed by atoms with E-state index in [1.165, 1.54) is 64.7 Å². The van der Waals surface area contributed by atoms with Crippen LogP contribution in [0.2, 0.25) is 0 Å². The van der Waals surface area contributed by atoms with E-state index in [0.29, 0.717) is 0 Å². The van der Waals surface area contributed by atoms with E-state index in [1.54, 1.807) is 0 Å². The number of thioether (sulfide) groups is 1. The summed E-state index contributed by atoms with van der Waals surface area (Å²) < 4.78 is 0. The van der Waals surface area contributed by atoms with Crippen LogP contribution in [-0.4, -0.2) is 37.3 Å². The molecule has 0 aliphatic carbocycles. The second kappa shape index (κ2) is 8.28. The summed E-state index contributed by atoms with van der Waals surface area (Å²) in [5, 5.41) is 0. The molecule has 2 aliphatic rings. The van der Waals surface area contributed by atoms with Gasteiger partial charge in [0.25, 0.3) is 0 Å². The fourth-order valence-corrected chi connectivity index (χ4v) is 5.68. The minimum absolute atomic E-state index is 0.773. The molecule has 0 bridgehead atoms. The lowest BCUT2D eigenvalue weighted by atomic mass is 9.98. The molecule has 1 fully saturated rings. The minimum atomic E-state index is 0.773. The average molecular weight is 385 g/mol. The van der Waals surface area contributed by atoms with Crippen molar-refractivity contribution in [2.45, 2.75) is 52.8 Å². The number of hydrogen-bond acceptors (Lipinski definition) is 4. The van der Waals surface area contributed by atoms with Gasteiger partial charge in [-0.3, -0.25) is 0 Å². The van der Waals surface area contributed by atoms with E-state index in [0.717, 1.165) is 12.6 Å². The van der Waals surface area contributed by atoms with E-state index < -0.39 is 0 Å². The molecule has 1 atom stereocenters. The number of piperidine rings is 1. The normalized spacial score (nSPS) is 19.9. The van der Waals surface area contributed by atoms with Gasteiger partial charge in [0.15, 0.2) is 0 Å². The van der Waals surface area contributed by atoms with E-state index in [2.05, 4.69) is 65.6 Å². The molecule has 2 aliphatic heterocycles. The van der Waals surface area contributed by atoms with E-state index >= 15 is 0 Å². The summed E-state index contributed by atoms with van der Waals surface area (Å²) in [5.41, 5.74) is 2.76. The number of rotatable bonds is 5. The van der Waals surface area contributed by atoms with Crippen molar-refractivity contribution in [3.8, 4) is 0 Å². The van der Waals surface area contributed by atoms with Crippen LogP contribution >= 0.6 is 23.5 Å². The molecule has 0 aromatic heterocycles. The van der Waals surface area contributed by atoms with Crippen LogP contribution in [0.1, 0.15) is 32.1 Å². The quantitative estimate of drug-likeness (QED) is 0.560. The number of likely N-dealkylation sites (tertiary alicyclic amines) is 1. The van der Waals surface area contributed by atoms with Crippen molar-refractivity contribution < 1.29 is 0 Å². The van der Waals surface area contributed by atoms with Crippen LogP contribution in [0.5, 0.6) is 0 Å². The molecule has 2 nitrogen and oxygen atoms in total. The molecule has 1 saturated heterocycles. The van der Waals surface area contributed by atoms with Gasteiger partial charge in [-0.1, -0.05) is 30.3 Å². The van der Waals surface area contributed by atoms with Gasteiger partial charge in [-0.05, 0) is 75.9 Å². The van der Waals surface area contributed by atoms with Crippen molar-refractivity contribution in [3.05, 3.63) is 42.5 Å². The average Bonchev–Trinajstić information content (AvgIpc) is 2.68. The Hall–Kier alpha value is -1.10. The second-order valence-corrected chi connectivity index (χ2v) is 9.29. The second-order valence-electron chi connectivity index (χ2n) is 7.33. The summed E-state index contributed by atoms with van der Waals surface area (Å²) in [6.07, 6.45) is 8.86. The van der Waals surface area contributed by atoms with Crippen molar-refractivity contribution in [3.63, 3.8) is 0 Å². The number of hydrogen-bond donors (Lipinski definition) is 0. The molecular weight excluding hydrogens is 356 g/mol. The van der Waals surface area contributed by atoms with Crippen molar-refractivity contribution >= 4 is 34.9 Å². The molecule has 0 spiro atoms. The van der Waals surface area contributed by atoms with Gasteiger partial charge in [-0.15, -0.1) is 11.8 Å². The summed E-state index contributed by atoms with van der Waals surface area (Å²) in [6, 6.07) is 16.6. The number of benzene rings is 2. The maximum Gasteiger partial charge on any atom is 0.0564 e. The van der Waals surface area contributed by atoms with Gasteiger partial charge in [0, 0.05) is 27.3 Å². The van der Waals surface area contributed by atoms with Crippen LogP contribution in [-0.2, 0) is 0 Å². The first-order valence-corrected chi connectivity index (χ1v) is 11.7. The Labute approximate surface area is 166 Å². The summed E-state index contributed by atoms with van der Waals surface area (Å²) in [4.78, 5) is 9.25. The van der Waals surface area contributed by atoms with Gasteiger partial charge < -0.3 is 9.80 Å². The fraction of sp³-hybridized carbons (Fsp3) is 0.455. The van der Waals surface area contributed by atoms with Crippen LogP contribution in [0, 0.1) is 0 Å². The first-order chi connectivity index (χ1) is 12.8. The Morgan fingerprint density at radius 3 is 2.77 bits per heavy atom. The molecule has 26 heavy (non-hydrogen) atoms.